The molecule has 0 atom stereocenters. The molecular weight excluding hydrogens is 448 g/mol. The number of anilines is 1. The molecule has 1 aliphatic heterocycles. The first-order valence-electron chi connectivity index (χ1n) is 11.6. The van der Waals surface area contributed by atoms with E-state index >= 15 is 0 Å². The van der Waals surface area contributed by atoms with E-state index < -0.39 is 0 Å². The minimum Gasteiger partial charge on any atom is -0.493 e. The number of aryl methyl sites for hydroxylation is 1. The Hall–Kier alpha value is -3.10. The summed E-state index contributed by atoms with van der Waals surface area (Å²) in [6.45, 7) is 7.89. The molecule has 0 saturated carbocycles. The van der Waals surface area contributed by atoms with Crippen molar-refractivity contribution < 1.29 is 14.3 Å². The number of thiazole rings is 1. The lowest BCUT2D eigenvalue weighted by atomic mass is 10.2. The Bertz CT molecular complexity index is 1110. The Balaban J connectivity index is 1.22. The number of hydrogen-bond acceptors (Lipinski definition) is 7. The molecule has 2 heterocycles. The second kappa shape index (κ2) is 11.4. The van der Waals surface area contributed by atoms with Gasteiger partial charge < -0.3 is 19.7 Å². The molecule has 1 aliphatic rings. The molecule has 1 fully saturated rings. The van der Waals surface area contributed by atoms with Crippen molar-refractivity contribution in [1.29, 1.82) is 0 Å². The number of hydrogen-bond donors (Lipinski definition) is 1. The van der Waals surface area contributed by atoms with Gasteiger partial charge in [0.25, 0.3) is 5.91 Å². The minimum absolute atomic E-state index is 0.145. The van der Waals surface area contributed by atoms with E-state index in [0.29, 0.717) is 23.7 Å². The van der Waals surface area contributed by atoms with Crippen molar-refractivity contribution >= 4 is 22.9 Å². The number of piperazine rings is 1. The van der Waals surface area contributed by atoms with Gasteiger partial charge in [-0.1, -0.05) is 18.2 Å². The summed E-state index contributed by atoms with van der Waals surface area (Å²) in [7, 11) is 3.21. The normalized spacial score (nSPS) is 14.1. The van der Waals surface area contributed by atoms with Crippen LogP contribution in [0.15, 0.2) is 47.8 Å². The average Bonchev–Trinajstić information content (AvgIpc) is 3.36. The molecule has 3 aromatic rings. The molecule has 8 heteroatoms. The van der Waals surface area contributed by atoms with Gasteiger partial charge in [-0.3, -0.25) is 9.69 Å². The predicted octanol–water partition coefficient (Wildman–Crippen LogP) is 4.08. The van der Waals surface area contributed by atoms with Gasteiger partial charge in [0.2, 0.25) is 0 Å². The number of benzene rings is 2. The fourth-order valence-electron chi connectivity index (χ4n) is 4.21. The zero-order valence-corrected chi connectivity index (χ0v) is 20.9. The Labute approximate surface area is 205 Å². The van der Waals surface area contributed by atoms with Gasteiger partial charge >= 0.3 is 0 Å². The molecule has 4 rings (SSSR count). The van der Waals surface area contributed by atoms with Crippen LogP contribution in [-0.2, 0) is 0 Å². The monoisotopic (exact) mass is 480 g/mol. The highest BCUT2D eigenvalue weighted by Crippen LogP contribution is 2.38. The summed E-state index contributed by atoms with van der Waals surface area (Å²) in [5.41, 5.74) is 3.85. The number of nitrogens with zero attached hydrogens (tertiary/aromatic N) is 3. The molecule has 2 aromatic carbocycles. The molecule has 180 valence electrons. The highest BCUT2D eigenvalue weighted by atomic mass is 32.1. The van der Waals surface area contributed by atoms with Crippen molar-refractivity contribution in [3.63, 3.8) is 0 Å². The molecule has 0 bridgehead atoms. The number of ether oxygens (including phenoxy) is 2. The summed E-state index contributed by atoms with van der Waals surface area (Å²) in [5, 5.41) is 5.52. The van der Waals surface area contributed by atoms with Crippen LogP contribution in [0.2, 0.25) is 0 Å². The molecule has 1 saturated heterocycles. The SMILES string of the molecule is COc1cccc(-c2nc(C(=O)NCCCN3CCN(c4cccc(C)c4)CC3)cs2)c1OC. The largest absolute Gasteiger partial charge is 0.493 e. The summed E-state index contributed by atoms with van der Waals surface area (Å²) in [6, 6.07) is 14.3. The molecule has 1 amide bonds. The summed E-state index contributed by atoms with van der Waals surface area (Å²) in [5.74, 6) is 1.11. The lowest BCUT2D eigenvalue weighted by molar-refractivity contribution is 0.0947. The summed E-state index contributed by atoms with van der Waals surface area (Å²) in [4.78, 5) is 22.0. The fourth-order valence-corrected chi connectivity index (χ4v) is 5.03. The van der Waals surface area contributed by atoms with E-state index in [2.05, 4.69) is 51.3 Å². The summed E-state index contributed by atoms with van der Waals surface area (Å²) >= 11 is 1.42. The number of nitrogens with one attached hydrogen (secondary N) is 1. The lowest BCUT2D eigenvalue weighted by Crippen LogP contribution is -2.47. The van der Waals surface area contributed by atoms with Crippen molar-refractivity contribution in [1.82, 2.24) is 15.2 Å². The standard InChI is InChI=1S/C26H32N4O3S/c1-19-7-4-8-20(17-19)30-15-13-29(14-16-30)12-6-11-27-25(31)22-18-34-26(28-22)21-9-5-10-23(32-2)24(21)33-3/h4-5,7-10,17-18H,6,11-16H2,1-3H3,(H,27,31). The Morgan fingerprint density at radius 1 is 1.09 bits per heavy atom. The van der Waals surface area contributed by atoms with Crippen LogP contribution in [0.4, 0.5) is 5.69 Å². The molecular formula is C26H32N4O3S. The predicted molar refractivity (Wildman–Crippen MR) is 137 cm³/mol. The highest BCUT2D eigenvalue weighted by molar-refractivity contribution is 7.13. The summed E-state index contributed by atoms with van der Waals surface area (Å²) in [6.07, 6.45) is 0.914. The van der Waals surface area contributed by atoms with E-state index in [9.17, 15) is 4.79 Å². The molecule has 7 nitrogen and oxygen atoms in total. The lowest BCUT2D eigenvalue weighted by Gasteiger charge is -2.36. The van der Waals surface area contributed by atoms with E-state index in [4.69, 9.17) is 9.47 Å². The smallest absolute Gasteiger partial charge is 0.270 e. The van der Waals surface area contributed by atoms with E-state index in [1.54, 1.807) is 19.6 Å². The van der Waals surface area contributed by atoms with Crippen LogP contribution in [0.1, 0.15) is 22.5 Å². The van der Waals surface area contributed by atoms with Gasteiger partial charge in [-0.05, 0) is 49.7 Å². The van der Waals surface area contributed by atoms with E-state index in [1.165, 1.54) is 22.6 Å². The van der Waals surface area contributed by atoms with Crippen molar-refractivity contribution in [3.8, 4) is 22.1 Å². The Kier molecular flexibility index (Phi) is 8.03. The quantitative estimate of drug-likeness (QED) is 0.466. The first-order valence-corrected chi connectivity index (χ1v) is 12.5. The molecule has 0 aliphatic carbocycles. The van der Waals surface area contributed by atoms with Crippen LogP contribution in [0.3, 0.4) is 0 Å². The van der Waals surface area contributed by atoms with Crippen molar-refractivity contribution in [2.75, 3.05) is 58.4 Å². The maximum atomic E-state index is 12.6. The zero-order valence-electron chi connectivity index (χ0n) is 20.0. The van der Waals surface area contributed by atoms with Crippen molar-refractivity contribution in [2.45, 2.75) is 13.3 Å². The molecule has 34 heavy (non-hydrogen) atoms. The molecule has 1 aromatic heterocycles. The second-order valence-electron chi connectivity index (χ2n) is 8.36. The third-order valence-electron chi connectivity index (χ3n) is 6.05. The number of methoxy groups -OCH3 is 2. The van der Waals surface area contributed by atoms with E-state index in [-0.39, 0.29) is 5.91 Å². The van der Waals surface area contributed by atoms with Crippen LogP contribution in [0.5, 0.6) is 11.5 Å². The van der Waals surface area contributed by atoms with Crippen LogP contribution >= 0.6 is 11.3 Å². The van der Waals surface area contributed by atoms with Gasteiger partial charge in [-0.2, -0.15) is 0 Å². The van der Waals surface area contributed by atoms with Gasteiger partial charge in [0.1, 0.15) is 10.7 Å². The Morgan fingerprint density at radius 2 is 1.88 bits per heavy atom. The number of para-hydroxylation sites is 1. The van der Waals surface area contributed by atoms with Gasteiger partial charge in [0, 0.05) is 43.8 Å². The molecule has 0 spiro atoms. The van der Waals surface area contributed by atoms with Crippen LogP contribution < -0.4 is 19.7 Å². The van der Waals surface area contributed by atoms with Gasteiger partial charge in [-0.15, -0.1) is 11.3 Å². The number of aromatic nitrogens is 1. The van der Waals surface area contributed by atoms with E-state index in [0.717, 1.165) is 49.7 Å². The molecule has 1 N–H and O–H groups in total. The first kappa shape index (κ1) is 24.0. The van der Waals surface area contributed by atoms with Crippen molar-refractivity contribution in [2.24, 2.45) is 0 Å². The van der Waals surface area contributed by atoms with Crippen LogP contribution in [0, 0.1) is 6.92 Å². The second-order valence-corrected chi connectivity index (χ2v) is 9.21. The minimum atomic E-state index is -0.145. The maximum Gasteiger partial charge on any atom is 0.270 e. The highest BCUT2D eigenvalue weighted by Gasteiger charge is 2.18. The summed E-state index contributed by atoms with van der Waals surface area (Å²) < 4.78 is 10.9. The average molecular weight is 481 g/mol. The van der Waals surface area contributed by atoms with Crippen LogP contribution in [0.25, 0.3) is 10.6 Å². The number of rotatable bonds is 9. The zero-order chi connectivity index (χ0) is 23.9. The maximum absolute atomic E-state index is 12.6. The molecule has 0 unspecified atom stereocenters. The first-order chi connectivity index (χ1) is 16.6. The Morgan fingerprint density at radius 3 is 2.62 bits per heavy atom. The van der Waals surface area contributed by atoms with Gasteiger partial charge in [-0.25, -0.2) is 4.98 Å². The topological polar surface area (TPSA) is 66.9 Å². The van der Waals surface area contributed by atoms with Gasteiger partial charge in [0.15, 0.2) is 11.5 Å². The van der Waals surface area contributed by atoms with Crippen LogP contribution in [-0.4, -0.2) is 69.3 Å². The van der Waals surface area contributed by atoms with E-state index in [1.807, 2.05) is 18.2 Å². The number of carbonyl (C=O) groups excluding carboxylic acids is 1. The van der Waals surface area contributed by atoms with Crippen molar-refractivity contribution in [3.05, 3.63) is 59.1 Å². The third kappa shape index (κ3) is 5.69. The third-order valence-corrected chi connectivity index (χ3v) is 6.92. The van der Waals surface area contributed by atoms with Gasteiger partial charge in [0.05, 0.1) is 19.8 Å². The number of carbonyl (C=O) groups is 1. The fraction of sp³-hybridized carbons (Fsp3) is 0.385. The number of amides is 1. The molecule has 0 radical (unpaired) electrons.